The van der Waals surface area contributed by atoms with Crippen molar-refractivity contribution in [1.29, 1.82) is 0 Å². The van der Waals surface area contributed by atoms with Crippen LogP contribution in [-0.2, 0) is 0 Å². The first-order valence-electron chi connectivity index (χ1n) is 5.76. The van der Waals surface area contributed by atoms with Crippen molar-refractivity contribution in [3.05, 3.63) is 59.7 Å². The summed E-state index contributed by atoms with van der Waals surface area (Å²) in [5.41, 5.74) is 0. The lowest BCUT2D eigenvalue weighted by Gasteiger charge is -2.25. The normalized spacial score (nSPS) is 11.4. The molecule has 0 saturated heterocycles. The molecular weight excluding hydrogens is 289 g/mol. The molecule has 0 aliphatic heterocycles. The van der Waals surface area contributed by atoms with E-state index in [-0.39, 0.29) is 0 Å². The molecular formula is C14H12F4NP. The van der Waals surface area contributed by atoms with Crippen LogP contribution < -0.4 is 10.6 Å². The minimum Gasteiger partial charge on any atom is -0.281 e. The quantitative estimate of drug-likeness (QED) is 0.622. The van der Waals surface area contributed by atoms with Crippen LogP contribution in [0.15, 0.2) is 36.4 Å². The third kappa shape index (κ3) is 3.35. The second kappa shape index (κ2) is 5.90. The fourth-order valence-electron chi connectivity index (χ4n) is 1.93. The molecule has 0 spiro atoms. The van der Waals surface area contributed by atoms with Crippen LogP contribution in [0.4, 0.5) is 17.6 Å². The maximum Gasteiger partial charge on any atom is 0.126 e. The van der Waals surface area contributed by atoms with E-state index in [1.165, 1.54) is 24.3 Å². The zero-order valence-electron chi connectivity index (χ0n) is 10.9. The van der Waals surface area contributed by atoms with Crippen LogP contribution in [0.2, 0.25) is 0 Å². The van der Waals surface area contributed by atoms with Gasteiger partial charge in [-0.05, 0) is 38.4 Å². The first kappa shape index (κ1) is 14.9. The number of halogens is 4. The molecule has 0 N–H and O–H groups in total. The summed E-state index contributed by atoms with van der Waals surface area (Å²) in [6.07, 6.45) is 0. The Hall–Kier alpha value is -1.45. The molecule has 0 unspecified atom stereocenters. The van der Waals surface area contributed by atoms with Crippen LogP contribution in [0.3, 0.4) is 0 Å². The molecule has 0 aromatic heterocycles. The first-order valence-corrected chi connectivity index (χ1v) is 7.06. The molecule has 2 aromatic carbocycles. The molecule has 6 heteroatoms. The fraction of sp³-hybridized carbons (Fsp3) is 0.143. The molecule has 0 aliphatic rings. The van der Waals surface area contributed by atoms with Gasteiger partial charge >= 0.3 is 0 Å². The monoisotopic (exact) mass is 301 g/mol. The van der Waals surface area contributed by atoms with Gasteiger partial charge in [-0.25, -0.2) is 17.6 Å². The van der Waals surface area contributed by atoms with Gasteiger partial charge in [-0.2, -0.15) is 0 Å². The molecule has 0 bridgehead atoms. The van der Waals surface area contributed by atoms with E-state index in [1.54, 1.807) is 18.8 Å². The van der Waals surface area contributed by atoms with E-state index in [0.29, 0.717) is 10.6 Å². The molecule has 0 heterocycles. The predicted molar refractivity (Wildman–Crippen MR) is 72.6 cm³/mol. The highest BCUT2D eigenvalue weighted by molar-refractivity contribution is 7.70. The van der Waals surface area contributed by atoms with Crippen molar-refractivity contribution in [1.82, 2.24) is 4.67 Å². The average Bonchev–Trinajstić information content (AvgIpc) is 2.25. The Morgan fingerprint density at radius 1 is 0.650 bits per heavy atom. The van der Waals surface area contributed by atoms with Crippen LogP contribution in [0.5, 0.6) is 0 Å². The highest BCUT2D eigenvalue weighted by Gasteiger charge is 2.20. The summed E-state index contributed by atoms with van der Waals surface area (Å²) in [6, 6.07) is 6.24. The summed E-state index contributed by atoms with van der Waals surface area (Å²) in [7, 11) is 1.98. The van der Waals surface area contributed by atoms with Gasteiger partial charge in [0, 0.05) is 30.8 Å². The van der Waals surface area contributed by atoms with Crippen molar-refractivity contribution in [2.75, 3.05) is 14.1 Å². The summed E-state index contributed by atoms with van der Waals surface area (Å²) in [6.45, 7) is 0. The lowest BCUT2D eigenvalue weighted by atomic mass is 10.3. The van der Waals surface area contributed by atoms with E-state index in [9.17, 15) is 17.6 Å². The van der Waals surface area contributed by atoms with Crippen molar-refractivity contribution in [3.8, 4) is 0 Å². The minimum atomic E-state index is -1.40. The van der Waals surface area contributed by atoms with Crippen LogP contribution in [0.25, 0.3) is 0 Å². The molecule has 0 fully saturated rings. The number of nitrogens with zero attached hydrogens (tertiary/aromatic N) is 1. The SMILES string of the molecule is CN(C)P(c1cc(F)cc(F)c1)c1cc(F)cc(F)c1. The van der Waals surface area contributed by atoms with E-state index in [1.807, 2.05) is 0 Å². The fourth-order valence-corrected chi connectivity index (χ4v) is 4.14. The molecule has 0 amide bonds. The zero-order chi connectivity index (χ0) is 14.9. The average molecular weight is 301 g/mol. The van der Waals surface area contributed by atoms with Crippen molar-refractivity contribution in [2.45, 2.75) is 0 Å². The van der Waals surface area contributed by atoms with Gasteiger partial charge in [0.15, 0.2) is 0 Å². The van der Waals surface area contributed by atoms with Crippen molar-refractivity contribution >= 4 is 18.7 Å². The zero-order valence-corrected chi connectivity index (χ0v) is 11.8. The Morgan fingerprint density at radius 3 is 1.20 bits per heavy atom. The smallest absolute Gasteiger partial charge is 0.126 e. The Morgan fingerprint density at radius 2 is 0.950 bits per heavy atom. The molecule has 2 rings (SSSR count). The number of hydrogen-bond donors (Lipinski definition) is 0. The number of rotatable bonds is 3. The molecule has 0 saturated carbocycles. The summed E-state index contributed by atoms with van der Waals surface area (Å²) in [5, 5.41) is 0.708. The minimum absolute atomic E-state index is 0.354. The van der Waals surface area contributed by atoms with Gasteiger partial charge in [-0.3, -0.25) is 4.67 Å². The maximum absolute atomic E-state index is 13.3. The molecule has 0 atom stereocenters. The van der Waals surface area contributed by atoms with Crippen molar-refractivity contribution in [2.24, 2.45) is 0 Å². The van der Waals surface area contributed by atoms with Gasteiger partial charge in [0.1, 0.15) is 23.3 Å². The molecule has 1 nitrogen and oxygen atoms in total. The van der Waals surface area contributed by atoms with Crippen LogP contribution in [0.1, 0.15) is 0 Å². The molecule has 20 heavy (non-hydrogen) atoms. The summed E-state index contributed by atoms with van der Waals surface area (Å²) in [5.74, 6) is -2.87. The summed E-state index contributed by atoms with van der Waals surface area (Å²) in [4.78, 5) is 0. The molecule has 0 aliphatic carbocycles. The van der Waals surface area contributed by atoms with E-state index in [4.69, 9.17) is 0 Å². The van der Waals surface area contributed by atoms with Crippen LogP contribution >= 0.6 is 8.07 Å². The summed E-state index contributed by atoms with van der Waals surface area (Å²) < 4.78 is 55.0. The van der Waals surface area contributed by atoms with E-state index < -0.39 is 31.3 Å². The highest BCUT2D eigenvalue weighted by atomic mass is 31.1. The highest BCUT2D eigenvalue weighted by Crippen LogP contribution is 2.36. The third-order valence-electron chi connectivity index (χ3n) is 2.58. The van der Waals surface area contributed by atoms with E-state index in [2.05, 4.69) is 0 Å². The Bertz CT molecular complexity index is 539. The topological polar surface area (TPSA) is 3.24 Å². The number of hydrogen-bond acceptors (Lipinski definition) is 1. The molecule has 106 valence electrons. The lowest BCUT2D eigenvalue weighted by Crippen LogP contribution is -2.24. The molecule has 2 aromatic rings. The largest absolute Gasteiger partial charge is 0.281 e. The van der Waals surface area contributed by atoms with Gasteiger partial charge in [0.05, 0.1) is 0 Å². The maximum atomic E-state index is 13.3. The van der Waals surface area contributed by atoms with Gasteiger partial charge in [-0.15, -0.1) is 0 Å². The van der Waals surface area contributed by atoms with Gasteiger partial charge in [0.2, 0.25) is 0 Å². The predicted octanol–water partition coefficient (Wildman–Crippen LogP) is 3.15. The van der Waals surface area contributed by atoms with Crippen molar-refractivity contribution < 1.29 is 17.6 Å². The van der Waals surface area contributed by atoms with Gasteiger partial charge in [0.25, 0.3) is 0 Å². The summed E-state index contributed by atoms with van der Waals surface area (Å²) >= 11 is 0. The first-order chi connectivity index (χ1) is 9.36. The standard InChI is InChI=1S/C14H12F4NP/c1-19(2)20(13-5-9(15)3-10(16)6-13)14-7-11(17)4-12(18)8-14/h3-8H,1-2H3. The Balaban J connectivity index is 2.56. The van der Waals surface area contributed by atoms with Gasteiger partial charge in [-0.1, -0.05) is 0 Å². The second-order valence-electron chi connectivity index (χ2n) is 4.41. The van der Waals surface area contributed by atoms with Crippen LogP contribution in [-0.4, -0.2) is 18.8 Å². The lowest BCUT2D eigenvalue weighted by molar-refractivity contribution is 0.584. The van der Waals surface area contributed by atoms with E-state index in [0.717, 1.165) is 12.1 Å². The third-order valence-corrected chi connectivity index (χ3v) is 4.88. The van der Waals surface area contributed by atoms with E-state index >= 15 is 0 Å². The Kier molecular flexibility index (Phi) is 4.41. The Labute approximate surface area is 115 Å². The second-order valence-corrected chi connectivity index (χ2v) is 6.87. The van der Waals surface area contributed by atoms with Crippen LogP contribution in [0, 0.1) is 23.3 Å². The van der Waals surface area contributed by atoms with Gasteiger partial charge < -0.3 is 0 Å². The van der Waals surface area contributed by atoms with Crippen molar-refractivity contribution in [3.63, 3.8) is 0 Å². The molecule has 0 radical (unpaired) electrons. The number of benzene rings is 2.